The molecule has 2 aliphatic rings. The fourth-order valence-electron chi connectivity index (χ4n) is 1.82. The molecule has 1 aliphatic carbocycles. The van der Waals surface area contributed by atoms with Crippen molar-refractivity contribution in [2.75, 3.05) is 13.1 Å². The monoisotopic (exact) mass is 229 g/mol. The van der Waals surface area contributed by atoms with Gasteiger partial charge in [0.15, 0.2) is 0 Å². The van der Waals surface area contributed by atoms with E-state index >= 15 is 0 Å². The summed E-state index contributed by atoms with van der Waals surface area (Å²) in [5.74, 6) is 0.229. The van der Waals surface area contributed by atoms with Gasteiger partial charge in [0.2, 0.25) is 0 Å². The Morgan fingerprint density at radius 3 is 2.40 bits per heavy atom. The van der Waals surface area contributed by atoms with Crippen LogP contribution in [0.1, 0.15) is 25.7 Å². The van der Waals surface area contributed by atoms with Gasteiger partial charge in [0.25, 0.3) is 10.2 Å². The van der Waals surface area contributed by atoms with Crippen molar-refractivity contribution in [1.82, 2.24) is 9.03 Å². The van der Waals surface area contributed by atoms with Crippen molar-refractivity contribution in [2.24, 2.45) is 5.92 Å². The molecule has 1 saturated heterocycles. The molecule has 5 nitrogen and oxygen atoms in total. The van der Waals surface area contributed by atoms with E-state index in [1.807, 2.05) is 6.07 Å². The molecule has 1 N–H and O–H groups in total. The molecule has 0 radical (unpaired) electrons. The van der Waals surface area contributed by atoms with E-state index in [4.69, 9.17) is 5.26 Å². The first-order valence-corrected chi connectivity index (χ1v) is 6.74. The fourth-order valence-corrected chi connectivity index (χ4v) is 3.28. The highest BCUT2D eigenvalue weighted by Gasteiger charge is 2.36. The van der Waals surface area contributed by atoms with Crippen molar-refractivity contribution in [1.29, 1.82) is 5.26 Å². The molecule has 0 amide bonds. The first-order chi connectivity index (χ1) is 7.13. The van der Waals surface area contributed by atoms with Crippen molar-refractivity contribution < 1.29 is 8.42 Å². The van der Waals surface area contributed by atoms with Crippen LogP contribution < -0.4 is 4.72 Å². The van der Waals surface area contributed by atoms with E-state index in [2.05, 4.69) is 4.72 Å². The van der Waals surface area contributed by atoms with Gasteiger partial charge >= 0.3 is 0 Å². The Bertz CT molecular complexity index is 363. The predicted octanol–water partition coefficient (Wildman–Crippen LogP) is 0.219. The van der Waals surface area contributed by atoms with Crippen LogP contribution >= 0.6 is 0 Å². The van der Waals surface area contributed by atoms with Crippen LogP contribution in [0.3, 0.4) is 0 Å². The average molecular weight is 229 g/mol. The zero-order valence-electron chi connectivity index (χ0n) is 8.52. The summed E-state index contributed by atoms with van der Waals surface area (Å²) in [7, 11) is -3.42. The smallest absolute Gasteiger partial charge is 0.197 e. The number of hydrogen-bond acceptors (Lipinski definition) is 3. The van der Waals surface area contributed by atoms with E-state index in [0.717, 1.165) is 25.7 Å². The minimum Gasteiger partial charge on any atom is -0.197 e. The first-order valence-electron chi connectivity index (χ1n) is 5.30. The average Bonchev–Trinajstić information content (AvgIpc) is 2.88. The summed E-state index contributed by atoms with van der Waals surface area (Å²) in [6, 6.07) is 1.49. The molecular formula is C9H15N3O2S. The van der Waals surface area contributed by atoms with E-state index < -0.39 is 16.3 Å². The van der Waals surface area contributed by atoms with Gasteiger partial charge in [-0.05, 0) is 31.6 Å². The number of nitrogens with zero attached hydrogens (tertiary/aromatic N) is 2. The number of nitriles is 1. The second-order valence-electron chi connectivity index (χ2n) is 4.17. The van der Waals surface area contributed by atoms with Crippen LogP contribution in [-0.2, 0) is 10.2 Å². The highest BCUT2D eigenvalue weighted by atomic mass is 32.2. The van der Waals surface area contributed by atoms with Crippen molar-refractivity contribution in [3.05, 3.63) is 0 Å². The van der Waals surface area contributed by atoms with Gasteiger partial charge in [-0.15, -0.1) is 0 Å². The molecule has 6 heteroatoms. The van der Waals surface area contributed by atoms with E-state index in [9.17, 15) is 8.42 Å². The standard InChI is InChI=1S/C9H15N3O2S/c10-7-9(8-3-4-8)11-15(13,14)12-5-1-2-6-12/h8-9,11H,1-6H2. The highest BCUT2D eigenvalue weighted by molar-refractivity contribution is 7.87. The Labute approximate surface area is 90.2 Å². The molecule has 2 rings (SSSR count). The molecule has 15 heavy (non-hydrogen) atoms. The quantitative estimate of drug-likeness (QED) is 0.749. The number of rotatable bonds is 4. The second-order valence-corrected chi connectivity index (χ2v) is 5.88. The molecule has 1 aliphatic heterocycles. The van der Waals surface area contributed by atoms with E-state index in [0.29, 0.717) is 13.1 Å². The maximum absolute atomic E-state index is 11.8. The zero-order chi connectivity index (χ0) is 10.9. The van der Waals surface area contributed by atoms with Crippen molar-refractivity contribution in [2.45, 2.75) is 31.7 Å². The minimum atomic E-state index is -3.42. The summed E-state index contributed by atoms with van der Waals surface area (Å²) in [5.41, 5.74) is 0. The zero-order valence-corrected chi connectivity index (χ0v) is 9.33. The van der Waals surface area contributed by atoms with Crippen molar-refractivity contribution >= 4 is 10.2 Å². The molecule has 1 saturated carbocycles. The summed E-state index contributed by atoms with van der Waals surface area (Å²) < 4.78 is 27.5. The SMILES string of the molecule is N#CC(NS(=O)(=O)N1CCCC1)C1CC1. The lowest BCUT2D eigenvalue weighted by Crippen LogP contribution is -2.44. The van der Waals surface area contributed by atoms with Crippen LogP contribution in [0.5, 0.6) is 0 Å². The fraction of sp³-hybridized carbons (Fsp3) is 0.889. The van der Waals surface area contributed by atoms with Gasteiger partial charge in [-0.3, -0.25) is 0 Å². The van der Waals surface area contributed by atoms with E-state index in [-0.39, 0.29) is 5.92 Å². The molecule has 2 fully saturated rings. The van der Waals surface area contributed by atoms with Crippen LogP contribution in [-0.4, -0.2) is 31.9 Å². The second kappa shape index (κ2) is 4.08. The van der Waals surface area contributed by atoms with Crippen LogP contribution in [0.4, 0.5) is 0 Å². The minimum absolute atomic E-state index is 0.229. The topological polar surface area (TPSA) is 73.2 Å². The molecule has 0 aromatic rings. The van der Waals surface area contributed by atoms with Crippen molar-refractivity contribution in [3.8, 4) is 6.07 Å². The molecule has 0 spiro atoms. The summed E-state index contributed by atoms with van der Waals surface area (Å²) >= 11 is 0. The Balaban J connectivity index is 1.99. The number of nitrogens with one attached hydrogen (secondary N) is 1. The molecule has 1 atom stereocenters. The Kier molecular flexibility index (Phi) is 2.96. The number of hydrogen-bond donors (Lipinski definition) is 1. The maximum Gasteiger partial charge on any atom is 0.280 e. The lowest BCUT2D eigenvalue weighted by molar-refractivity contribution is 0.455. The van der Waals surface area contributed by atoms with Crippen LogP contribution in [0.25, 0.3) is 0 Å². The molecule has 1 heterocycles. The van der Waals surface area contributed by atoms with Crippen molar-refractivity contribution in [3.63, 3.8) is 0 Å². The Hall–Kier alpha value is -0.640. The molecule has 1 unspecified atom stereocenters. The summed E-state index contributed by atoms with van der Waals surface area (Å²) in [4.78, 5) is 0. The highest BCUT2D eigenvalue weighted by Crippen LogP contribution is 2.32. The van der Waals surface area contributed by atoms with Gasteiger partial charge in [0.1, 0.15) is 6.04 Å². The molecule has 0 aromatic carbocycles. The molecular weight excluding hydrogens is 214 g/mol. The van der Waals surface area contributed by atoms with Gasteiger partial charge in [0.05, 0.1) is 6.07 Å². The third-order valence-corrected chi connectivity index (χ3v) is 4.51. The molecule has 0 bridgehead atoms. The summed E-state index contributed by atoms with van der Waals surface area (Å²) in [5, 5.41) is 8.85. The van der Waals surface area contributed by atoms with Gasteiger partial charge in [-0.2, -0.15) is 22.7 Å². The first kappa shape index (κ1) is 10.9. The summed E-state index contributed by atoms with van der Waals surface area (Å²) in [6.07, 6.45) is 3.75. The van der Waals surface area contributed by atoms with Gasteiger partial charge in [-0.25, -0.2) is 0 Å². The Morgan fingerprint density at radius 2 is 1.93 bits per heavy atom. The van der Waals surface area contributed by atoms with Gasteiger partial charge in [0, 0.05) is 13.1 Å². The maximum atomic E-state index is 11.8. The third-order valence-electron chi connectivity index (χ3n) is 2.91. The lowest BCUT2D eigenvalue weighted by Gasteiger charge is -2.18. The largest absolute Gasteiger partial charge is 0.280 e. The lowest BCUT2D eigenvalue weighted by atomic mass is 10.2. The van der Waals surface area contributed by atoms with Gasteiger partial charge < -0.3 is 0 Å². The Morgan fingerprint density at radius 1 is 1.33 bits per heavy atom. The van der Waals surface area contributed by atoms with Crippen LogP contribution in [0.2, 0.25) is 0 Å². The molecule has 84 valence electrons. The van der Waals surface area contributed by atoms with Crippen LogP contribution in [0, 0.1) is 17.2 Å². The van der Waals surface area contributed by atoms with E-state index in [1.54, 1.807) is 0 Å². The van der Waals surface area contributed by atoms with Gasteiger partial charge in [-0.1, -0.05) is 0 Å². The third kappa shape index (κ3) is 2.48. The predicted molar refractivity (Wildman–Crippen MR) is 55.0 cm³/mol. The van der Waals surface area contributed by atoms with E-state index in [1.165, 1.54) is 4.31 Å². The summed E-state index contributed by atoms with van der Waals surface area (Å²) in [6.45, 7) is 1.16. The van der Waals surface area contributed by atoms with Crippen LogP contribution in [0.15, 0.2) is 0 Å². The molecule has 0 aromatic heterocycles. The normalized spacial score (nSPS) is 25.0.